The minimum absolute atomic E-state index is 0.0636. The van der Waals surface area contributed by atoms with Gasteiger partial charge in [-0.15, -0.1) is 0 Å². The molecule has 0 aromatic rings. The molecule has 0 saturated carbocycles. The number of carbonyl (C=O) groups is 3. The van der Waals surface area contributed by atoms with Crippen LogP contribution in [0.2, 0.25) is 0 Å². The minimum Gasteiger partial charge on any atom is -0.462 e. The molecule has 0 heterocycles. The van der Waals surface area contributed by atoms with Gasteiger partial charge in [0.05, 0.1) is 0 Å². The van der Waals surface area contributed by atoms with Crippen LogP contribution in [0.5, 0.6) is 0 Å². The highest BCUT2D eigenvalue weighted by Crippen LogP contribution is 2.18. The molecule has 0 aliphatic carbocycles. The highest BCUT2D eigenvalue weighted by Gasteiger charge is 2.19. The van der Waals surface area contributed by atoms with Crippen molar-refractivity contribution < 1.29 is 28.6 Å². The SMILES string of the molecule is CCCCCCCCCCCCCCCCCC(=O)OC[C@@H](COC(=O)CCCCCCCCCC(C)C)OC(=O)CCCCCCCCCCCCCCCCCC(C)C. The Labute approximate surface area is 380 Å². The van der Waals surface area contributed by atoms with Crippen molar-refractivity contribution in [1.82, 2.24) is 0 Å². The van der Waals surface area contributed by atoms with E-state index in [0.717, 1.165) is 69.6 Å². The second-order valence-corrected chi connectivity index (χ2v) is 19.8. The van der Waals surface area contributed by atoms with Crippen molar-refractivity contribution in [3.05, 3.63) is 0 Å². The minimum atomic E-state index is -0.762. The average Bonchev–Trinajstić information content (AvgIpc) is 3.23. The molecule has 61 heavy (non-hydrogen) atoms. The van der Waals surface area contributed by atoms with Crippen LogP contribution in [0.3, 0.4) is 0 Å². The van der Waals surface area contributed by atoms with Gasteiger partial charge in [0.25, 0.3) is 0 Å². The second-order valence-electron chi connectivity index (χ2n) is 19.8. The van der Waals surface area contributed by atoms with Crippen LogP contribution in [-0.2, 0) is 28.6 Å². The standard InChI is InChI=1S/C55H106O6/c1-6-7-8-9-10-11-12-13-15-19-22-25-30-35-40-45-53(56)59-48-52(49-60-54(57)46-41-36-32-27-29-34-39-44-51(4)5)61-55(58)47-42-37-31-26-23-20-17-14-16-18-21-24-28-33-38-43-50(2)3/h50-52H,6-49H2,1-5H3/t52-/m0/s1. The average molecular weight is 863 g/mol. The summed E-state index contributed by atoms with van der Waals surface area (Å²) in [6.45, 7) is 11.4. The van der Waals surface area contributed by atoms with E-state index in [9.17, 15) is 14.4 Å². The number of carbonyl (C=O) groups excluding carboxylic acids is 3. The Hall–Kier alpha value is -1.59. The maximum Gasteiger partial charge on any atom is 0.306 e. The Kier molecular flexibility index (Phi) is 46.6. The Balaban J connectivity index is 4.26. The summed E-state index contributed by atoms with van der Waals surface area (Å²) in [4.78, 5) is 38.0. The maximum atomic E-state index is 12.8. The van der Waals surface area contributed by atoms with Crippen LogP contribution in [0.4, 0.5) is 0 Å². The van der Waals surface area contributed by atoms with E-state index < -0.39 is 6.10 Å². The molecule has 0 bridgehead atoms. The predicted molar refractivity (Wildman–Crippen MR) is 261 cm³/mol. The number of unbranched alkanes of at least 4 members (excludes halogenated alkanes) is 34. The Morgan fingerprint density at radius 2 is 0.541 bits per heavy atom. The van der Waals surface area contributed by atoms with Gasteiger partial charge >= 0.3 is 17.9 Å². The zero-order valence-electron chi connectivity index (χ0n) is 41.8. The smallest absolute Gasteiger partial charge is 0.306 e. The first-order valence-electron chi connectivity index (χ1n) is 27.2. The van der Waals surface area contributed by atoms with Gasteiger partial charge in [-0.25, -0.2) is 0 Å². The van der Waals surface area contributed by atoms with Gasteiger partial charge in [-0.2, -0.15) is 0 Å². The molecule has 0 amide bonds. The first-order chi connectivity index (χ1) is 29.7. The topological polar surface area (TPSA) is 78.9 Å². The molecule has 0 saturated heterocycles. The lowest BCUT2D eigenvalue weighted by molar-refractivity contribution is -0.167. The molecule has 0 unspecified atom stereocenters. The fourth-order valence-corrected chi connectivity index (χ4v) is 8.34. The predicted octanol–water partition coefficient (Wildman–Crippen LogP) is 17.7. The molecule has 0 N–H and O–H groups in total. The fourth-order valence-electron chi connectivity index (χ4n) is 8.34. The van der Waals surface area contributed by atoms with Gasteiger partial charge in [0.1, 0.15) is 13.2 Å². The van der Waals surface area contributed by atoms with E-state index in [1.165, 1.54) is 193 Å². The highest BCUT2D eigenvalue weighted by molar-refractivity contribution is 5.71. The van der Waals surface area contributed by atoms with Crippen molar-refractivity contribution in [2.24, 2.45) is 11.8 Å². The lowest BCUT2D eigenvalue weighted by Gasteiger charge is -2.18. The number of esters is 3. The summed E-state index contributed by atoms with van der Waals surface area (Å²) in [7, 11) is 0. The number of rotatable bonds is 49. The summed E-state index contributed by atoms with van der Waals surface area (Å²) >= 11 is 0. The summed E-state index contributed by atoms with van der Waals surface area (Å²) < 4.78 is 16.8. The van der Waals surface area contributed by atoms with Gasteiger partial charge in [0.15, 0.2) is 6.10 Å². The molecular weight excluding hydrogens is 757 g/mol. The van der Waals surface area contributed by atoms with Crippen LogP contribution in [0.1, 0.15) is 304 Å². The summed E-state index contributed by atoms with van der Waals surface area (Å²) in [6, 6.07) is 0. The van der Waals surface area contributed by atoms with Crippen LogP contribution in [0.15, 0.2) is 0 Å². The van der Waals surface area contributed by atoms with Gasteiger partial charge < -0.3 is 14.2 Å². The number of ether oxygens (including phenoxy) is 3. The molecule has 362 valence electrons. The van der Waals surface area contributed by atoms with E-state index >= 15 is 0 Å². The first kappa shape index (κ1) is 59.4. The normalized spacial score (nSPS) is 12.0. The third-order valence-electron chi connectivity index (χ3n) is 12.5. The van der Waals surface area contributed by atoms with Crippen molar-refractivity contribution in [2.45, 2.75) is 310 Å². The van der Waals surface area contributed by atoms with E-state index in [4.69, 9.17) is 14.2 Å². The lowest BCUT2D eigenvalue weighted by atomic mass is 10.0. The first-order valence-corrected chi connectivity index (χ1v) is 27.2. The summed E-state index contributed by atoms with van der Waals surface area (Å²) in [5.74, 6) is 0.783. The Morgan fingerprint density at radius 3 is 0.803 bits per heavy atom. The molecular formula is C55H106O6. The highest BCUT2D eigenvalue weighted by atomic mass is 16.6. The molecule has 1 atom stereocenters. The number of hydrogen-bond acceptors (Lipinski definition) is 6. The van der Waals surface area contributed by atoms with Crippen molar-refractivity contribution in [3.63, 3.8) is 0 Å². The molecule has 0 aromatic carbocycles. The molecule has 0 aliphatic rings. The molecule has 0 radical (unpaired) electrons. The van der Waals surface area contributed by atoms with E-state index in [1.807, 2.05) is 0 Å². The van der Waals surface area contributed by atoms with Crippen molar-refractivity contribution in [2.75, 3.05) is 13.2 Å². The van der Waals surface area contributed by atoms with E-state index in [-0.39, 0.29) is 31.1 Å². The summed E-state index contributed by atoms with van der Waals surface area (Å²) in [6.07, 6.45) is 49.6. The molecule has 6 heteroatoms. The largest absolute Gasteiger partial charge is 0.462 e. The lowest BCUT2D eigenvalue weighted by Crippen LogP contribution is -2.30. The molecule has 6 nitrogen and oxygen atoms in total. The van der Waals surface area contributed by atoms with Crippen LogP contribution in [0.25, 0.3) is 0 Å². The van der Waals surface area contributed by atoms with Crippen molar-refractivity contribution in [3.8, 4) is 0 Å². The molecule has 0 fully saturated rings. The van der Waals surface area contributed by atoms with Crippen molar-refractivity contribution in [1.29, 1.82) is 0 Å². The molecule has 0 rings (SSSR count). The van der Waals surface area contributed by atoms with Gasteiger partial charge in [0, 0.05) is 19.3 Å². The van der Waals surface area contributed by atoms with E-state index in [2.05, 4.69) is 34.6 Å². The fraction of sp³-hybridized carbons (Fsp3) is 0.945. The number of hydrogen-bond donors (Lipinski definition) is 0. The molecule has 0 aliphatic heterocycles. The third kappa shape index (κ3) is 49.3. The zero-order valence-corrected chi connectivity index (χ0v) is 41.8. The van der Waals surface area contributed by atoms with Crippen LogP contribution < -0.4 is 0 Å². The molecule has 0 spiro atoms. The quantitative estimate of drug-likeness (QED) is 0.0344. The van der Waals surface area contributed by atoms with Gasteiger partial charge in [0.2, 0.25) is 0 Å². The zero-order chi connectivity index (χ0) is 44.7. The van der Waals surface area contributed by atoms with Gasteiger partial charge in [-0.05, 0) is 31.1 Å². The van der Waals surface area contributed by atoms with Crippen molar-refractivity contribution >= 4 is 17.9 Å². The Morgan fingerprint density at radius 1 is 0.311 bits per heavy atom. The monoisotopic (exact) mass is 863 g/mol. The van der Waals surface area contributed by atoms with Crippen LogP contribution >= 0.6 is 0 Å². The Bertz CT molecular complexity index is 931. The van der Waals surface area contributed by atoms with Crippen LogP contribution in [-0.4, -0.2) is 37.2 Å². The maximum absolute atomic E-state index is 12.8. The second kappa shape index (κ2) is 47.9. The van der Waals surface area contributed by atoms with Gasteiger partial charge in [-0.3, -0.25) is 14.4 Å². The summed E-state index contributed by atoms with van der Waals surface area (Å²) in [5.41, 5.74) is 0. The van der Waals surface area contributed by atoms with Gasteiger partial charge in [-0.1, -0.05) is 266 Å². The summed E-state index contributed by atoms with van der Waals surface area (Å²) in [5, 5.41) is 0. The molecule has 0 aromatic heterocycles. The van der Waals surface area contributed by atoms with E-state index in [0.29, 0.717) is 19.3 Å². The van der Waals surface area contributed by atoms with Crippen LogP contribution in [0, 0.1) is 11.8 Å². The van der Waals surface area contributed by atoms with E-state index in [1.54, 1.807) is 0 Å². The third-order valence-corrected chi connectivity index (χ3v) is 12.5.